The summed E-state index contributed by atoms with van der Waals surface area (Å²) in [5.41, 5.74) is 10.6. The lowest BCUT2D eigenvalue weighted by Crippen LogP contribution is -2.53. The Bertz CT molecular complexity index is 713. The molecule has 0 radical (unpaired) electrons. The summed E-state index contributed by atoms with van der Waals surface area (Å²) in [4.78, 5) is 49.9. The van der Waals surface area contributed by atoms with Crippen molar-refractivity contribution in [3.63, 3.8) is 0 Å². The maximum absolute atomic E-state index is 11.9. The second-order valence-corrected chi connectivity index (χ2v) is 11.0. The fourth-order valence-corrected chi connectivity index (χ4v) is 3.73. The first-order valence-corrected chi connectivity index (χ1v) is 12.1. The van der Waals surface area contributed by atoms with E-state index in [1.54, 1.807) is 41.5 Å². The van der Waals surface area contributed by atoms with E-state index in [4.69, 9.17) is 30.4 Å². The van der Waals surface area contributed by atoms with Crippen LogP contribution in [0, 0.1) is 11.8 Å². The molecule has 208 valence electrons. The molecule has 2 aliphatic heterocycles. The van der Waals surface area contributed by atoms with Gasteiger partial charge in [0.25, 0.3) is 0 Å². The second-order valence-electron chi connectivity index (χ2n) is 11.0. The van der Waals surface area contributed by atoms with E-state index in [0.29, 0.717) is 25.9 Å². The van der Waals surface area contributed by atoms with Crippen LogP contribution in [0.15, 0.2) is 0 Å². The van der Waals surface area contributed by atoms with E-state index in [-0.39, 0.29) is 37.1 Å². The third-order valence-corrected chi connectivity index (χ3v) is 5.64. The van der Waals surface area contributed by atoms with E-state index in [9.17, 15) is 19.2 Å². The molecule has 0 unspecified atom stereocenters. The molecular weight excluding hydrogens is 472 g/mol. The Kier molecular flexibility index (Phi) is 11.4. The fourth-order valence-electron chi connectivity index (χ4n) is 3.73. The van der Waals surface area contributed by atoms with Gasteiger partial charge in [-0.1, -0.05) is 0 Å². The molecule has 12 nitrogen and oxygen atoms in total. The van der Waals surface area contributed by atoms with Crippen molar-refractivity contribution in [2.75, 3.05) is 40.4 Å². The van der Waals surface area contributed by atoms with Gasteiger partial charge in [-0.2, -0.15) is 0 Å². The van der Waals surface area contributed by atoms with Crippen molar-refractivity contribution in [2.24, 2.45) is 23.3 Å². The zero-order chi connectivity index (χ0) is 27.8. The Hall–Kier alpha value is -2.60. The lowest BCUT2D eigenvalue weighted by atomic mass is 9.93. The predicted molar refractivity (Wildman–Crippen MR) is 132 cm³/mol. The van der Waals surface area contributed by atoms with Gasteiger partial charge in [-0.25, -0.2) is 9.59 Å². The number of methoxy groups -OCH3 is 2. The van der Waals surface area contributed by atoms with Crippen molar-refractivity contribution >= 4 is 24.1 Å². The van der Waals surface area contributed by atoms with Crippen LogP contribution in [0.4, 0.5) is 9.59 Å². The molecule has 0 bridgehead atoms. The lowest BCUT2D eigenvalue weighted by molar-refractivity contribution is -0.148. The summed E-state index contributed by atoms with van der Waals surface area (Å²) in [5, 5.41) is 0. The Morgan fingerprint density at radius 1 is 0.667 bits per heavy atom. The highest BCUT2D eigenvalue weighted by molar-refractivity contribution is 5.76. The minimum atomic E-state index is -0.544. The Morgan fingerprint density at radius 3 is 1.22 bits per heavy atom. The molecule has 0 aromatic rings. The number of rotatable bonds is 2. The topological polar surface area (TPSA) is 164 Å². The first kappa shape index (κ1) is 31.4. The monoisotopic (exact) mass is 516 g/mol. The molecule has 36 heavy (non-hydrogen) atoms. The van der Waals surface area contributed by atoms with Crippen LogP contribution in [0.3, 0.4) is 0 Å². The van der Waals surface area contributed by atoms with Crippen LogP contribution < -0.4 is 11.5 Å². The van der Waals surface area contributed by atoms with Gasteiger partial charge in [-0.3, -0.25) is 9.59 Å². The van der Waals surface area contributed by atoms with Gasteiger partial charge < -0.3 is 40.2 Å². The number of carbonyl (C=O) groups excluding carboxylic acids is 4. The molecule has 2 saturated heterocycles. The number of hydrogen-bond donors (Lipinski definition) is 2. The van der Waals surface area contributed by atoms with Crippen LogP contribution in [0.2, 0.25) is 0 Å². The number of nitrogens with two attached hydrogens (primary N) is 2. The van der Waals surface area contributed by atoms with Gasteiger partial charge in [0.1, 0.15) is 11.2 Å². The van der Waals surface area contributed by atoms with Gasteiger partial charge >= 0.3 is 24.1 Å². The first-order valence-electron chi connectivity index (χ1n) is 12.1. The molecule has 0 aromatic heterocycles. The van der Waals surface area contributed by atoms with E-state index in [1.165, 1.54) is 24.0 Å². The van der Waals surface area contributed by atoms with Gasteiger partial charge in [0, 0.05) is 38.3 Å². The minimum Gasteiger partial charge on any atom is -0.469 e. The average molecular weight is 517 g/mol. The molecule has 4 atom stereocenters. The molecule has 4 N–H and O–H groups in total. The Labute approximate surface area is 213 Å². The first-order chi connectivity index (χ1) is 16.5. The summed E-state index contributed by atoms with van der Waals surface area (Å²) >= 11 is 0. The van der Waals surface area contributed by atoms with Crippen LogP contribution in [0.25, 0.3) is 0 Å². The number of hydrogen-bond acceptors (Lipinski definition) is 10. The fraction of sp³-hybridized carbons (Fsp3) is 0.833. The van der Waals surface area contributed by atoms with Crippen LogP contribution in [0.5, 0.6) is 0 Å². The third-order valence-electron chi connectivity index (χ3n) is 5.64. The van der Waals surface area contributed by atoms with Crippen LogP contribution in [-0.4, -0.2) is 97.6 Å². The van der Waals surface area contributed by atoms with Crippen molar-refractivity contribution in [2.45, 2.75) is 77.7 Å². The molecule has 2 amide bonds. The number of piperidine rings is 2. The number of nitrogens with zero attached hydrogens (tertiary/aromatic N) is 2. The zero-order valence-electron chi connectivity index (χ0n) is 22.9. The molecule has 0 aliphatic carbocycles. The molecule has 0 aromatic carbocycles. The lowest BCUT2D eigenvalue weighted by Gasteiger charge is -2.36. The summed E-state index contributed by atoms with van der Waals surface area (Å²) < 4.78 is 19.9. The van der Waals surface area contributed by atoms with Crippen molar-refractivity contribution in [3.05, 3.63) is 0 Å². The number of likely N-dealkylation sites (tertiary alicyclic amines) is 2. The number of ether oxygens (including phenoxy) is 4. The van der Waals surface area contributed by atoms with E-state index < -0.39 is 35.2 Å². The Balaban J connectivity index is 0.000000360. The molecular formula is C24H44N4O8. The van der Waals surface area contributed by atoms with E-state index in [0.717, 1.165) is 0 Å². The summed E-state index contributed by atoms with van der Waals surface area (Å²) in [5.74, 6) is -1.71. The molecule has 2 aliphatic rings. The highest BCUT2D eigenvalue weighted by atomic mass is 16.6. The van der Waals surface area contributed by atoms with E-state index in [2.05, 4.69) is 0 Å². The molecule has 0 spiro atoms. The molecule has 2 fully saturated rings. The minimum absolute atomic E-state index is 0.253. The van der Waals surface area contributed by atoms with Crippen molar-refractivity contribution in [1.29, 1.82) is 0 Å². The van der Waals surface area contributed by atoms with E-state index >= 15 is 0 Å². The summed E-state index contributed by atoms with van der Waals surface area (Å²) in [7, 11) is 2.64. The van der Waals surface area contributed by atoms with Crippen LogP contribution >= 0.6 is 0 Å². The van der Waals surface area contributed by atoms with Gasteiger partial charge in [0.2, 0.25) is 0 Å². The number of esters is 2. The highest BCUT2D eigenvalue weighted by Gasteiger charge is 2.37. The van der Waals surface area contributed by atoms with Crippen molar-refractivity contribution < 1.29 is 38.1 Å². The molecule has 12 heteroatoms. The molecule has 0 saturated carbocycles. The Morgan fingerprint density at radius 2 is 0.972 bits per heavy atom. The summed E-state index contributed by atoms with van der Waals surface area (Å²) in [6.45, 7) is 12.3. The average Bonchev–Trinajstić information content (AvgIpc) is 2.76. The van der Waals surface area contributed by atoms with Gasteiger partial charge in [0.05, 0.1) is 26.1 Å². The SMILES string of the molecule is COC(=O)[C@@H]1CN(C(=O)OC(C)(C)C)CC[C@@H]1N.COC(=O)[C@H]1CN(C(=O)OC(C)(C)C)CC[C@H]1N. The number of carbonyl (C=O) groups is 4. The summed E-state index contributed by atoms with van der Waals surface area (Å²) in [6, 6.07) is -0.535. The van der Waals surface area contributed by atoms with Crippen LogP contribution in [0.1, 0.15) is 54.4 Å². The zero-order valence-corrected chi connectivity index (χ0v) is 22.9. The largest absolute Gasteiger partial charge is 0.469 e. The molecule has 2 heterocycles. The quantitative estimate of drug-likeness (QED) is 0.406. The second kappa shape index (κ2) is 13.1. The van der Waals surface area contributed by atoms with Crippen LogP contribution in [-0.2, 0) is 28.5 Å². The van der Waals surface area contributed by atoms with Gasteiger partial charge in [-0.05, 0) is 54.4 Å². The summed E-state index contributed by atoms with van der Waals surface area (Å²) in [6.07, 6.45) is 0.310. The third kappa shape index (κ3) is 10.2. The van der Waals surface area contributed by atoms with Gasteiger partial charge in [-0.15, -0.1) is 0 Å². The van der Waals surface area contributed by atoms with Crippen molar-refractivity contribution in [3.8, 4) is 0 Å². The van der Waals surface area contributed by atoms with Gasteiger partial charge in [0.15, 0.2) is 0 Å². The molecule has 2 rings (SSSR count). The smallest absolute Gasteiger partial charge is 0.410 e. The normalized spacial score (nSPS) is 24.6. The van der Waals surface area contributed by atoms with Crippen molar-refractivity contribution in [1.82, 2.24) is 9.80 Å². The maximum atomic E-state index is 11.9. The highest BCUT2D eigenvalue weighted by Crippen LogP contribution is 2.21. The van der Waals surface area contributed by atoms with E-state index in [1.807, 2.05) is 0 Å². The number of amides is 2. The maximum Gasteiger partial charge on any atom is 0.410 e. The standard InChI is InChI=1S/2C12H22N2O4/c2*1-12(2,3)18-11(16)14-6-5-9(13)8(7-14)10(15)17-4/h2*8-9H,5-7,13H2,1-4H3/t2*8-,9+/m10/s1. The predicted octanol–water partition coefficient (Wildman–Crippen LogP) is 1.49.